The number of carbonyl (C=O) groups excluding carboxylic acids is 1. The predicted octanol–water partition coefficient (Wildman–Crippen LogP) is 2.93. The van der Waals surface area contributed by atoms with Crippen molar-refractivity contribution in [3.63, 3.8) is 0 Å². The maximum absolute atomic E-state index is 12.9. The monoisotopic (exact) mass is 388 g/mol. The summed E-state index contributed by atoms with van der Waals surface area (Å²) in [5.74, 6) is -1.32. The first-order chi connectivity index (χ1) is 14.0. The molecule has 0 bridgehead atoms. The van der Waals surface area contributed by atoms with E-state index in [1.807, 2.05) is 43.3 Å². The molecular weight excluding hydrogens is 368 g/mol. The van der Waals surface area contributed by atoms with Crippen molar-refractivity contribution in [2.24, 2.45) is 0 Å². The van der Waals surface area contributed by atoms with Crippen LogP contribution < -0.4 is 5.32 Å². The quantitative estimate of drug-likeness (QED) is 0.403. The van der Waals surface area contributed by atoms with Crippen LogP contribution in [0.1, 0.15) is 20.7 Å². The number of carboxylic acid groups (broad SMARTS) is 1. The summed E-state index contributed by atoms with van der Waals surface area (Å²) in [6, 6.07) is 13.9. The molecule has 1 aromatic heterocycles. The number of aromatic carboxylic acids is 1. The number of hydrogen-bond donors (Lipinski definition) is 2. The van der Waals surface area contributed by atoms with Gasteiger partial charge >= 0.3 is 5.97 Å². The van der Waals surface area contributed by atoms with Crippen molar-refractivity contribution in [3.8, 4) is 0 Å². The summed E-state index contributed by atoms with van der Waals surface area (Å²) in [6.45, 7) is 1.18. The summed E-state index contributed by atoms with van der Waals surface area (Å²) >= 11 is 0. The molecule has 1 amide bonds. The Labute approximate surface area is 167 Å². The zero-order valence-electron chi connectivity index (χ0n) is 16.1. The maximum atomic E-state index is 12.9. The molecule has 1 heterocycles. The van der Waals surface area contributed by atoms with Crippen molar-refractivity contribution in [1.29, 1.82) is 0 Å². The number of carbonyl (C=O) groups is 2. The van der Waals surface area contributed by atoms with Gasteiger partial charge in [-0.3, -0.25) is 4.79 Å². The molecule has 7 heteroatoms. The molecule has 4 rings (SSSR count). The van der Waals surface area contributed by atoms with Gasteiger partial charge < -0.3 is 15.3 Å². The molecule has 2 N–H and O–H groups in total. The zero-order valence-corrected chi connectivity index (χ0v) is 16.1. The Kier molecular flexibility index (Phi) is 4.82. The predicted molar refractivity (Wildman–Crippen MR) is 112 cm³/mol. The highest BCUT2D eigenvalue weighted by atomic mass is 16.4. The van der Waals surface area contributed by atoms with E-state index in [1.54, 1.807) is 18.2 Å². The van der Waals surface area contributed by atoms with Gasteiger partial charge in [-0.05, 0) is 49.8 Å². The van der Waals surface area contributed by atoms with Crippen LogP contribution in [0.25, 0.3) is 32.8 Å². The van der Waals surface area contributed by atoms with Gasteiger partial charge in [-0.15, -0.1) is 0 Å². The second-order valence-corrected chi connectivity index (χ2v) is 7.09. The average molecular weight is 388 g/mol. The molecule has 0 unspecified atom stereocenters. The lowest BCUT2D eigenvalue weighted by Crippen LogP contribution is -2.31. The van der Waals surface area contributed by atoms with Gasteiger partial charge in [-0.25, -0.2) is 14.8 Å². The van der Waals surface area contributed by atoms with E-state index in [-0.39, 0.29) is 11.5 Å². The van der Waals surface area contributed by atoms with Crippen LogP contribution in [0.4, 0.5) is 0 Å². The van der Waals surface area contributed by atoms with Crippen molar-refractivity contribution in [3.05, 3.63) is 59.7 Å². The Morgan fingerprint density at radius 2 is 1.62 bits per heavy atom. The molecule has 0 saturated heterocycles. The topological polar surface area (TPSA) is 95.4 Å². The first kappa shape index (κ1) is 18.8. The number of amides is 1. The molecule has 29 heavy (non-hydrogen) atoms. The Morgan fingerprint density at radius 1 is 0.931 bits per heavy atom. The summed E-state index contributed by atoms with van der Waals surface area (Å²) in [5, 5.41) is 13.5. The largest absolute Gasteiger partial charge is 0.478 e. The van der Waals surface area contributed by atoms with Gasteiger partial charge in [0.05, 0.1) is 27.6 Å². The normalized spacial score (nSPS) is 11.4. The van der Waals surface area contributed by atoms with Crippen LogP contribution in [0.15, 0.2) is 48.5 Å². The van der Waals surface area contributed by atoms with Crippen LogP contribution in [-0.2, 0) is 0 Å². The molecule has 0 saturated carbocycles. The number of nitrogens with one attached hydrogen (secondary N) is 1. The lowest BCUT2D eigenvalue weighted by molar-refractivity contribution is 0.0698. The van der Waals surface area contributed by atoms with Crippen LogP contribution >= 0.6 is 0 Å². The van der Waals surface area contributed by atoms with E-state index >= 15 is 0 Å². The van der Waals surface area contributed by atoms with Crippen LogP contribution in [0, 0.1) is 0 Å². The van der Waals surface area contributed by atoms with Crippen LogP contribution in [-0.4, -0.2) is 59.0 Å². The third kappa shape index (κ3) is 3.48. The third-order valence-corrected chi connectivity index (χ3v) is 4.81. The van der Waals surface area contributed by atoms with Gasteiger partial charge in [0, 0.05) is 24.0 Å². The van der Waals surface area contributed by atoms with Gasteiger partial charge in [-0.1, -0.05) is 18.2 Å². The van der Waals surface area contributed by atoms with E-state index in [2.05, 4.69) is 10.3 Å². The minimum absolute atomic E-state index is 0.127. The smallest absolute Gasteiger partial charge is 0.336 e. The highest BCUT2D eigenvalue weighted by Crippen LogP contribution is 2.30. The summed E-state index contributed by atoms with van der Waals surface area (Å²) in [7, 11) is 3.86. The second kappa shape index (κ2) is 7.44. The number of nitrogens with zero attached hydrogens (tertiary/aromatic N) is 3. The van der Waals surface area contributed by atoms with E-state index in [0.717, 1.165) is 5.52 Å². The van der Waals surface area contributed by atoms with E-state index < -0.39 is 5.97 Å². The van der Waals surface area contributed by atoms with E-state index in [9.17, 15) is 14.7 Å². The lowest BCUT2D eigenvalue weighted by Gasteiger charge is -2.14. The fourth-order valence-corrected chi connectivity index (χ4v) is 3.39. The fourth-order valence-electron chi connectivity index (χ4n) is 3.39. The number of aromatic nitrogens is 2. The Bertz CT molecular complexity index is 1270. The molecule has 0 fully saturated rings. The number of fused-ring (bicyclic) bond motifs is 4. The van der Waals surface area contributed by atoms with Crippen LogP contribution in [0.2, 0.25) is 0 Å². The molecule has 0 atom stereocenters. The van der Waals surface area contributed by atoms with Gasteiger partial charge in [0.15, 0.2) is 0 Å². The van der Waals surface area contributed by atoms with Gasteiger partial charge in [0.2, 0.25) is 0 Å². The number of likely N-dealkylation sites (N-methyl/N-ethyl adjacent to an activating group) is 1. The molecule has 7 nitrogen and oxygen atoms in total. The molecule has 3 aromatic carbocycles. The third-order valence-electron chi connectivity index (χ3n) is 4.81. The Balaban J connectivity index is 1.98. The van der Waals surface area contributed by atoms with Crippen molar-refractivity contribution >= 4 is 44.7 Å². The van der Waals surface area contributed by atoms with Crippen molar-refractivity contribution < 1.29 is 14.7 Å². The average Bonchev–Trinajstić information content (AvgIpc) is 2.70. The minimum atomic E-state index is -1.05. The first-order valence-corrected chi connectivity index (χ1v) is 9.24. The standard InChI is InChI=1S/C22H20N4O3/c1-26(2)12-11-23-21(27)15-8-7-14(22(28)29)13-9-10-18-20(19(13)15)25-17-6-4-3-5-16(17)24-18/h3-10H,11-12H2,1-2H3,(H,23,27)(H,28,29). The van der Waals surface area contributed by atoms with Crippen molar-refractivity contribution in [1.82, 2.24) is 20.2 Å². The summed E-state index contributed by atoms with van der Waals surface area (Å²) in [5.41, 5.74) is 3.07. The maximum Gasteiger partial charge on any atom is 0.336 e. The molecule has 0 radical (unpaired) electrons. The summed E-state index contributed by atoms with van der Waals surface area (Å²) < 4.78 is 0. The lowest BCUT2D eigenvalue weighted by atomic mass is 9.97. The number of para-hydroxylation sites is 2. The van der Waals surface area contributed by atoms with Gasteiger partial charge in [0.1, 0.15) is 0 Å². The van der Waals surface area contributed by atoms with Crippen LogP contribution in [0.3, 0.4) is 0 Å². The van der Waals surface area contributed by atoms with Gasteiger partial charge in [0.25, 0.3) is 5.91 Å². The van der Waals surface area contributed by atoms with Gasteiger partial charge in [-0.2, -0.15) is 0 Å². The minimum Gasteiger partial charge on any atom is -0.478 e. The molecule has 0 aliphatic carbocycles. The summed E-state index contributed by atoms with van der Waals surface area (Å²) in [4.78, 5) is 36.0. The SMILES string of the molecule is CN(C)CCNC(=O)c1ccc(C(=O)O)c2ccc3nc4ccccc4nc3c12. The van der Waals surface area contributed by atoms with E-state index in [1.165, 1.54) is 6.07 Å². The molecule has 0 spiro atoms. The molecule has 0 aliphatic heterocycles. The highest BCUT2D eigenvalue weighted by Gasteiger charge is 2.19. The number of rotatable bonds is 5. The molecule has 4 aromatic rings. The zero-order chi connectivity index (χ0) is 20.5. The number of benzene rings is 3. The van der Waals surface area contributed by atoms with E-state index in [4.69, 9.17) is 4.98 Å². The first-order valence-electron chi connectivity index (χ1n) is 9.24. The second-order valence-electron chi connectivity index (χ2n) is 7.09. The Hall–Kier alpha value is -3.58. The van der Waals surface area contributed by atoms with E-state index in [0.29, 0.717) is 46.0 Å². The Morgan fingerprint density at radius 3 is 2.31 bits per heavy atom. The molecule has 0 aliphatic rings. The fraction of sp³-hybridized carbons (Fsp3) is 0.182. The van der Waals surface area contributed by atoms with Crippen LogP contribution in [0.5, 0.6) is 0 Å². The van der Waals surface area contributed by atoms with Crippen molar-refractivity contribution in [2.75, 3.05) is 27.2 Å². The number of hydrogen-bond acceptors (Lipinski definition) is 5. The molecule has 146 valence electrons. The molecular formula is C22H20N4O3. The van der Waals surface area contributed by atoms with Crippen molar-refractivity contribution in [2.45, 2.75) is 0 Å². The number of carboxylic acids is 1. The highest BCUT2D eigenvalue weighted by molar-refractivity contribution is 6.20. The summed E-state index contributed by atoms with van der Waals surface area (Å²) in [6.07, 6.45) is 0.